The van der Waals surface area contributed by atoms with Gasteiger partial charge in [-0.25, -0.2) is 9.78 Å². The first-order valence-corrected chi connectivity index (χ1v) is 10.4. The van der Waals surface area contributed by atoms with Gasteiger partial charge in [0.15, 0.2) is 0 Å². The number of hydrogen-bond donors (Lipinski definition) is 0. The molecule has 0 bridgehead atoms. The molecule has 2 aliphatic heterocycles. The minimum Gasteiger partial charge on any atom is -0.338 e. The minimum absolute atomic E-state index is 0.0462. The first-order chi connectivity index (χ1) is 14.3. The molecule has 8 heteroatoms. The van der Waals surface area contributed by atoms with Gasteiger partial charge in [0.2, 0.25) is 11.7 Å². The quantitative estimate of drug-likeness (QED) is 0.609. The number of hydrogen-bond acceptors (Lipinski definition) is 5. The first-order valence-electron chi connectivity index (χ1n) is 10.4. The van der Waals surface area contributed by atoms with Gasteiger partial charge < -0.3 is 9.42 Å². The molecule has 0 atom stereocenters. The van der Waals surface area contributed by atoms with Gasteiger partial charge >= 0.3 is 6.03 Å². The van der Waals surface area contributed by atoms with Gasteiger partial charge in [0.05, 0.1) is 23.6 Å². The Kier molecular flexibility index (Phi) is 4.20. The van der Waals surface area contributed by atoms with Crippen LogP contribution in [0.2, 0.25) is 0 Å². The molecule has 0 radical (unpaired) electrons. The summed E-state index contributed by atoms with van der Waals surface area (Å²) < 4.78 is 7.53. The van der Waals surface area contributed by atoms with Crippen LogP contribution in [0.1, 0.15) is 50.8 Å². The van der Waals surface area contributed by atoms with E-state index in [9.17, 15) is 4.79 Å². The Morgan fingerprint density at radius 1 is 1.17 bits per heavy atom. The third-order valence-corrected chi connectivity index (χ3v) is 5.81. The smallest absolute Gasteiger partial charge is 0.324 e. The maximum Gasteiger partial charge on any atom is 0.324 e. The Morgan fingerprint density at radius 2 is 1.93 bits per heavy atom. The van der Waals surface area contributed by atoms with Crippen LogP contribution >= 0.6 is 0 Å². The van der Waals surface area contributed by atoms with Crippen LogP contribution in [0.25, 0.3) is 17.2 Å². The van der Waals surface area contributed by atoms with E-state index in [-0.39, 0.29) is 11.4 Å². The summed E-state index contributed by atoms with van der Waals surface area (Å²) in [5.41, 5.74) is 4.25. The SMILES string of the molecule is Cc1cccc2c1N(C(=O)N1CCCC1)Cc1c(-c3noc(C(C)(C)C)n3)ncn1-2. The summed E-state index contributed by atoms with van der Waals surface area (Å²) in [4.78, 5) is 26.4. The van der Waals surface area contributed by atoms with Crippen LogP contribution < -0.4 is 4.90 Å². The molecule has 4 heterocycles. The summed E-state index contributed by atoms with van der Waals surface area (Å²) in [5.74, 6) is 1.02. The zero-order valence-corrected chi connectivity index (χ0v) is 17.8. The summed E-state index contributed by atoms with van der Waals surface area (Å²) in [6.45, 7) is 10.2. The van der Waals surface area contributed by atoms with Crippen LogP contribution in [0, 0.1) is 6.92 Å². The van der Waals surface area contributed by atoms with Crippen molar-refractivity contribution in [1.82, 2.24) is 24.6 Å². The van der Waals surface area contributed by atoms with Crippen LogP contribution in [0.4, 0.5) is 10.5 Å². The number of carbonyl (C=O) groups is 1. The maximum atomic E-state index is 13.4. The molecule has 1 aromatic carbocycles. The summed E-state index contributed by atoms with van der Waals surface area (Å²) >= 11 is 0. The van der Waals surface area contributed by atoms with Crippen LogP contribution in [0.5, 0.6) is 0 Å². The largest absolute Gasteiger partial charge is 0.338 e. The molecule has 0 saturated carbocycles. The Hall–Kier alpha value is -3.16. The standard InChI is InChI=1S/C22H26N6O2/c1-14-8-7-9-15-18(14)27(21(29)26-10-5-6-11-26)12-16-17(23-13-28(15)16)19-24-20(30-25-19)22(2,3)4/h7-9,13H,5-6,10-12H2,1-4H3. The van der Waals surface area contributed by atoms with E-state index in [0.29, 0.717) is 24.0 Å². The lowest BCUT2D eigenvalue weighted by atomic mass is 9.97. The van der Waals surface area contributed by atoms with Gasteiger partial charge in [-0.1, -0.05) is 38.1 Å². The number of likely N-dealkylation sites (tertiary alicyclic amines) is 1. The zero-order chi connectivity index (χ0) is 21.0. The lowest BCUT2D eigenvalue weighted by Gasteiger charge is -2.34. The van der Waals surface area contributed by atoms with Crippen LogP contribution in [-0.2, 0) is 12.0 Å². The third kappa shape index (κ3) is 2.89. The van der Waals surface area contributed by atoms with Crippen molar-refractivity contribution >= 4 is 11.7 Å². The van der Waals surface area contributed by atoms with Gasteiger partial charge in [0.25, 0.3) is 0 Å². The summed E-state index contributed by atoms with van der Waals surface area (Å²) in [5, 5.41) is 4.18. The molecule has 30 heavy (non-hydrogen) atoms. The summed E-state index contributed by atoms with van der Waals surface area (Å²) in [6, 6.07) is 6.12. The highest BCUT2D eigenvalue weighted by Crippen LogP contribution is 2.38. The van der Waals surface area contributed by atoms with Gasteiger partial charge in [-0.3, -0.25) is 9.47 Å². The molecule has 0 N–H and O–H groups in total. The molecule has 0 unspecified atom stereocenters. The van der Waals surface area contributed by atoms with E-state index in [0.717, 1.165) is 48.6 Å². The minimum atomic E-state index is -0.244. The molecular formula is C22H26N6O2. The second-order valence-electron chi connectivity index (χ2n) is 9.09. The number of amides is 2. The van der Waals surface area contributed by atoms with E-state index < -0.39 is 0 Å². The van der Waals surface area contributed by atoms with Crippen molar-refractivity contribution in [2.45, 2.75) is 52.5 Å². The molecule has 0 spiro atoms. The Morgan fingerprint density at radius 3 is 2.63 bits per heavy atom. The number of nitrogens with zero attached hydrogens (tertiary/aromatic N) is 6. The number of anilines is 1. The van der Waals surface area contributed by atoms with Crippen molar-refractivity contribution in [3.63, 3.8) is 0 Å². The maximum absolute atomic E-state index is 13.4. The number of rotatable bonds is 1. The van der Waals surface area contributed by atoms with E-state index in [4.69, 9.17) is 4.52 Å². The summed E-state index contributed by atoms with van der Waals surface area (Å²) in [7, 11) is 0. The summed E-state index contributed by atoms with van der Waals surface area (Å²) in [6.07, 6.45) is 3.90. The van der Waals surface area contributed by atoms with Crippen LogP contribution in [-0.4, -0.2) is 43.7 Å². The van der Waals surface area contributed by atoms with Gasteiger partial charge in [-0.15, -0.1) is 0 Å². The average Bonchev–Trinajstić information content (AvgIpc) is 3.45. The molecule has 8 nitrogen and oxygen atoms in total. The van der Waals surface area contributed by atoms with Gasteiger partial charge in [0, 0.05) is 18.5 Å². The van der Waals surface area contributed by atoms with Crippen LogP contribution in [0.15, 0.2) is 29.0 Å². The highest BCUT2D eigenvalue weighted by Gasteiger charge is 2.34. The second-order valence-corrected chi connectivity index (χ2v) is 9.09. The highest BCUT2D eigenvalue weighted by atomic mass is 16.5. The fraction of sp³-hybridized carbons (Fsp3) is 0.455. The molecule has 0 aliphatic carbocycles. The second kappa shape index (κ2) is 6.68. The highest BCUT2D eigenvalue weighted by molar-refractivity contribution is 5.96. The lowest BCUT2D eigenvalue weighted by Crippen LogP contribution is -2.44. The third-order valence-electron chi connectivity index (χ3n) is 5.81. The fourth-order valence-corrected chi connectivity index (χ4v) is 4.20. The molecular weight excluding hydrogens is 380 g/mol. The van der Waals surface area contributed by atoms with Crippen molar-refractivity contribution < 1.29 is 9.32 Å². The molecule has 5 rings (SSSR count). The number of carbonyl (C=O) groups excluding carboxylic acids is 1. The lowest BCUT2D eigenvalue weighted by molar-refractivity contribution is 0.214. The predicted octanol–water partition coefficient (Wildman–Crippen LogP) is 4.06. The number of aryl methyl sites for hydroxylation is 1. The molecule has 2 amide bonds. The topological polar surface area (TPSA) is 80.3 Å². The van der Waals surface area contributed by atoms with E-state index in [1.165, 1.54) is 0 Å². The molecule has 2 aliphatic rings. The molecule has 2 aromatic heterocycles. The number of para-hydroxylation sites is 1. The van der Waals surface area contributed by atoms with Gasteiger partial charge in [0.1, 0.15) is 12.0 Å². The molecule has 3 aromatic rings. The Bertz CT molecular complexity index is 1120. The normalized spacial score (nSPS) is 16.0. The molecule has 1 saturated heterocycles. The number of imidazole rings is 1. The number of fused-ring (bicyclic) bond motifs is 3. The number of aromatic nitrogens is 4. The average molecular weight is 406 g/mol. The van der Waals surface area contributed by atoms with E-state index in [1.54, 1.807) is 6.33 Å². The number of urea groups is 1. The Balaban J connectivity index is 1.61. The van der Waals surface area contributed by atoms with Crippen molar-refractivity contribution in [3.8, 4) is 17.2 Å². The molecule has 156 valence electrons. The van der Waals surface area contributed by atoms with E-state index in [1.807, 2.05) is 60.3 Å². The zero-order valence-electron chi connectivity index (χ0n) is 17.8. The predicted molar refractivity (Wildman–Crippen MR) is 113 cm³/mol. The van der Waals surface area contributed by atoms with Crippen molar-refractivity contribution in [2.24, 2.45) is 0 Å². The van der Waals surface area contributed by atoms with E-state index >= 15 is 0 Å². The van der Waals surface area contributed by atoms with Crippen LogP contribution in [0.3, 0.4) is 0 Å². The fourth-order valence-electron chi connectivity index (χ4n) is 4.20. The van der Waals surface area contributed by atoms with Gasteiger partial charge in [-0.2, -0.15) is 4.98 Å². The van der Waals surface area contributed by atoms with Crippen molar-refractivity contribution in [2.75, 3.05) is 18.0 Å². The monoisotopic (exact) mass is 406 g/mol. The molecule has 1 fully saturated rings. The number of benzene rings is 1. The first kappa shape index (κ1) is 18.8. The van der Waals surface area contributed by atoms with Crippen molar-refractivity contribution in [1.29, 1.82) is 0 Å². The van der Waals surface area contributed by atoms with Gasteiger partial charge in [-0.05, 0) is 31.4 Å². The van der Waals surface area contributed by atoms with Crippen molar-refractivity contribution in [3.05, 3.63) is 41.7 Å². The Labute approximate surface area is 175 Å². The van der Waals surface area contributed by atoms with E-state index in [2.05, 4.69) is 15.1 Å².